The maximum atomic E-state index is 12.5. The number of nitrogens with zero attached hydrogens (tertiary/aromatic N) is 1. The number of ether oxygens (including phenoxy) is 2. The molecule has 0 unspecified atom stereocenters. The summed E-state index contributed by atoms with van der Waals surface area (Å²) in [6, 6.07) is 17.0. The molecule has 1 heterocycles. The van der Waals surface area contributed by atoms with Gasteiger partial charge in [0.05, 0.1) is 18.2 Å². The molecule has 1 atom stereocenters. The predicted molar refractivity (Wildman–Crippen MR) is 123 cm³/mol. The molecule has 0 aliphatic rings. The number of anilines is 1. The minimum absolute atomic E-state index is 0.164. The Labute approximate surface area is 188 Å². The van der Waals surface area contributed by atoms with Gasteiger partial charge in [0.15, 0.2) is 0 Å². The number of hydrogen-bond acceptors (Lipinski definition) is 7. The van der Waals surface area contributed by atoms with E-state index in [0.29, 0.717) is 30.3 Å². The first-order valence-electron chi connectivity index (χ1n) is 10.1. The lowest BCUT2D eigenvalue weighted by Gasteiger charge is -2.13. The van der Waals surface area contributed by atoms with Crippen LogP contribution < -0.4 is 19.5 Å². The summed E-state index contributed by atoms with van der Waals surface area (Å²) >= 11 is 0. The van der Waals surface area contributed by atoms with Crippen LogP contribution in [0.3, 0.4) is 0 Å². The molecular weight excluding hydrogens is 430 g/mol. The Morgan fingerprint density at radius 2 is 1.78 bits per heavy atom. The molecule has 0 radical (unpaired) electrons. The molecular formula is C23H27N3O5S. The lowest BCUT2D eigenvalue weighted by atomic mass is 10.1. The second-order valence-corrected chi connectivity index (χ2v) is 8.77. The Morgan fingerprint density at radius 1 is 1.03 bits per heavy atom. The summed E-state index contributed by atoms with van der Waals surface area (Å²) in [6.45, 7) is 1.25. The number of aliphatic hydroxyl groups excluding tert-OH is 1. The van der Waals surface area contributed by atoms with Gasteiger partial charge in [0.2, 0.25) is 0 Å². The fourth-order valence-electron chi connectivity index (χ4n) is 2.89. The summed E-state index contributed by atoms with van der Waals surface area (Å²) in [5.41, 5.74) is 1.53. The van der Waals surface area contributed by atoms with Crippen LogP contribution >= 0.6 is 0 Å². The Morgan fingerprint density at radius 3 is 2.44 bits per heavy atom. The SMILES string of the molecule is COc1ccc(S(=O)(=O)Nc2ccc(CCNC[C@H](O)COc3cccnc3)cc2)cc1. The third-order valence-electron chi connectivity index (χ3n) is 4.62. The van der Waals surface area contributed by atoms with Crippen molar-refractivity contribution in [2.24, 2.45) is 0 Å². The van der Waals surface area contributed by atoms with Crippen molar-refractivity contribution in [3.8, 4) is 11.5 Å². The van der Waals surface area contributed by atoms with Crippen LogP contribution in [0.2, 0.25) is 0 Å². The van der Waals surface area contributed by atoms with Gasteiger partial charge in [-0.05, 0) is 67.1 Å². The molecule has 1 aromatic heterocycles. The minimum atomic E-state index is -3.67. The highest BCUT2D eigenvalue weighted by atomic mass is 32.2. The van der Waals surface area contributed by atoms with Crippen LogP contribution in [0.1, 0.15) is 5.56 Å². The molecule has 0 aliphatic carbocycles. The van der Waals surface area contributed by atoms with Crippen molar-refractivity contribution in [3.05, 3.63) is 78.6 Å². The van der Waals surface area contributed by atoms with Gasteiger partial charge in [0.25, 0.3) is 10.0 Å². The number of methoxy groups -OCH3 is 1. The van der Waals surface area contributed by atoms with Crippen LogP contribution in [0, 0.1) is 0 Å². The number of rotatable bonds is 12. The van der Waals surface area contributed by atoms with Crippen LogP contribution in [0.15, 0.2) is 78.0 Å². The summed E-state index contributed by atoms with van der Waals surface area (Å²) < 4.78 is 38.1. The number of sulfonamides is 1. The van der Waals surface area contributed by atoms with E-state index >= 15 is 0 Å². The molecule has 3 rings (SSSR count). The van der Waals surface area contributed by atoms with Crippen LogP contribution in [0.25, 0.3) is 0 Å². The molecule has 0 amide bonds. The zero-order chi connectivity index (χ0) is 22.8. The third kappa shape index (κ3) is 7.23. The van der Waals surface area contributed by atoms with E-state index in [9.17, 15) is 13.5 Å². The molecule has 0 saturated carbocycles. The number of nitrogens with one attached hydrogen (secondary N) is 2. The number of benzene rings is 2. The van der Waals surface area contributed by atoms with Crippen LogP contribution in [-0.2, 0) is 16.4 Å². The molecule has 32 heavy (non-hydrogen) atoms. The Balaban J connectivity index is 1.40. The maximum Gasteiger partial charge on any atom is 0.261 e. The van der Waals surface area contributed by atoms with Crippen molar-refractivity contribution in [2.75, 3.05) is 31.5 Å². The van der Waals surface area contributed by atoms with E-state index in [1.165, 1.54) is 19.2 Å². The van der Waals surface area contributed by atoms with Crippen molar-refractivity contribution in [3.63, 3.8) is 0 Å². The number of aromatic nitrogens is 1. The molecule has 2 aromatic carbocycles. The second-order valence-electron chi connectivity index (χ2n) is 7.09. The molecule has 0 fully saturated rings. The summed E-state index contributed by atoms with van der Waals surface area (Å²) in [7, 11) is -2.14. The molecule has 0 bridgehead atoms. The largest absolute Gasteiger partial charge is 0.497 e. The van der Waals surface area contributed by atoms with Crippen LogP contribution in [-0.4, -0.2) is 51.4 Å². The first-order chi connectivity index (χ1) is 15.5. The lowest BCUT2D eigenvalue weighted by Crippen LogP contribution is -2.32. The Bertz CT molecular complexity index is 1060. The molecule has 9 heteroatoms. The number of aliphatic hydroxyl groups is 1. The highest BCUT2D eigenvalue weighted by Crippen LogP contribution is 2.19. The monoisotopic (exact) mass is 457 g/mol. The first-order valence-corrected chi connectivity index (χ1v) is 11.6. The zero-order valence-electron chi connectivity index (χ0n) is 17.8. The Hall–Kier alpha value is -3.14. The lowest BCUT2D eigenvalue weighted by molar-refractivity contribution is 0.106. The van der Waals surface area contributed by atoms with Crippen molar-refractivity contribution in [1.82, 2.24) is 10.3 Å². The normalized spacial score (nSPS) is 12.2. The molecule has 170 valence electrons. The second kappa shape index (κ2) is 11.5. The zero-order valence-corrected chi connectivity index (χ0v) is 18.6. The molecule has 0 saturated heterocycles. The Kier molecular flexibility index (Phi) is 8.43. The van der Waals surface area contributed by atoms with Gasteiger partial charge >= 0.3 is 0 Å². The van der Waals surface area contributed by atoms with E-state index in [0.717, 1.165) is 12.0 Å². The summed E-state index contributed by atoms with van der Waals surface area (Å²) in [6.07, 6.45) is 3.36. The van der Waals surface area contributed by atoms with E-state index in [1.54, 1.807) is 48.8 Å². The van der Waals surface area contributed by atoms with Crippen molar-refractivity contribution in [1.29, 1.82) is 0 Å². The summed E-state index contributed by atoms with van der Waals surface area (Å²) in [5.74, 6) is 1.21. The molecule has 3 N–H and O–H groups in total. The van der Waals surface area contributed by atoms with Gasteiger partial charge in [-0.15, -0.1) is 0 Å². The first kappa shape index (κ1) is 23.5. The smallest absolute Gasteiger partial charge is 0.261 e. The third-order valence-corrected chi connectivity index (χ3v) is 6.02. The van der Waals surface area contributed by atoms with Gasteiger partial charge < -0.3 is 19.9 Å². The van der Waals surface area contributed by atoms with Gasteiger partial charge in [-0.3, -0.25) is 9.71 Å². The van der Waals surface area contributed by atoms with Crippen LogP contribution in [0.5, 0.6) is 11.5 Å². The van der Waals surface area contributed by atoms with Crippen LogP contribution in [0.4, 0.5) is 5.69 Å². The van der Waals surface area contributed by atoms with Gasteiger partial charge in [-0.25, -0.2) is 8.42 Å². The predicted octanol–water partition coefficient (Wildman–Crippen LogP) is 2.46. The van der Waals surface area contributed by atoms with E-state index in [1.807, 2.05) is 12.1 Å². The summed E-state index contributed by atoms with van der Waals surface area (Å²) in [4.78, 5) is 4.12. The molecule has 8 nitrogen and oxygen atoms in total. The quantitative estimate of drug-likeness (QED) is 0.359. The van der Waals surface area contributed by atoms with Gasteiger partial charge in [-0.1, -0.05) is 12.1 Å². The van der Waals surface area contributed by atoms with Crippen molar-refractivity contribution >= 4 is 15.7 Å². The minimum Gasteiger partial charge on any atom is -0.497 e. The summed E-state index contributed by atoms with van der Waals surface area (Å²) in [5, 5.41) is 13.2. The highest BCUT2D eigenvalue weighted by molar-refractivity contribution is 7.92. The van der Waals surface area contributed by atoms with Gasteiger partial charge in [0, 0.05) is 18.4 Å². The number of pyridine rings is 1. The van der Waals surface area contributed by atoms with E-state index < -0.39 is 16.1 Å². The molecule has 0 spiro atoms. The fraction of sp³-hybridized carbons (Fsp3) is 0.261. The maximum absolute atomic E-state index is 12.5. The average molecular weight is 458 g/mol. The fourth-order valence-corrected chi connectivity index (χ4v) is 3.95. The highest BCUT2D eigenvalue weighted by Gasteiger charge is 2.14. The van der Waals surface area contributed by atoms with Gasteiger partial charge in [-0.2, -0.15) is 0 Å². The molecule has 0 aliphatic heterocycles. The van der Waals surface area contributed by atoms with Gasteiger partial charge in [0.1, 0.15) is 24.2 Å². The van der Waals surface area contributed by atoms with E-state index in [2.05, 4.69) is 15.0 Å². The van der Waals surface area contributed by atoms with Crippen molar-refractivity contribution < 1.29 is 23.0 Å². The molecule has 3 aromatic rings. The van der Waals surface area contributed by atoms with Crippen molar-refractivity contribution in [2.45, 2.75) is 17.4 Å². The van der Waals surface area contributed by atoms with E-state index in [-0.39, 0.29) is 11.5 Å². The number of hydrogen-bond donors (Lipinski definition) is 3. The average Bonchev–Trinajstić information content (AvgIpc) is 2.82. The topological polar surface area (TPSA) is 110 Å². The standard InChI is InChI=1S/C23H27N3O5S/c1-30-21-8-10-23(11-9-21)32(28,29)26-19-6-4-18(5-7-19)12-14-25-15-20(27)17-31-22-3-2-13-24-16-22/h2-11,13,16,20,25-27H,12,14-15,17H2,1H3/t20-/m0/s1. The van der Waals surface area contributed by atoms with E-state index in [4.69, 9.17) is 9.47 Å².